The minimum absolute atomic E-state index is 0.567. The van der Waals surface area contributed by atoms with Gasteiger partial charge < -0.3 is 4.57 Å². The van der Waals surface area contributed by atoms with Gasteiger partial charge in [0, 0.05) is 11.1 Å². The minimum atomic E-state index is -2.80. The van der Waals surface area contributed by atoms with Crippen molar-refractivity contribution in [3.8, 4) is 29.0 Å². The summed E-state index contributed by atoms with van der Waals surface area (Å²) in [6.07, 6.45) is 0. The molecule has 5 heteroatoms. The van der Waals surface area contributed by atoms with E-state index in [1.165, 1.54) is 15.6 Å². The van der Waals surface area contributed by atoms with Gasteiger partial charge in [-0.2, -0.15) is 10.5 Å². The molecule has 4 nitrogen and oxygen atoms in total. The second kappa shape index (κ2) is 12.6. The highest BCUT2D eigenvalue weighted by molar-refractivity contribution is 7.19. The third kappa shape index (κ3) is 4.97. The molecule has 1 heterocycles. The van der Waals surface area contributed by atoms with Crippen LogP contribution in [0.4, 0.5) is 5.69 Å². The molecule has 1 aromatic heterocycles. The third-order valence-corrected chi connectivity index (χ3v) is 14.4. The summed E-state index contributed by atoms with van der Waals surface area (Å²) in [4.78, 5) is 3.66. The van der Waals surface area contributed by atoms with Crippen molar-refractivity contribution < 1.29 is 0 Å². The first-order valence-corrected chi connectivity index (χ1v) is 18.3. The van der Waals surface area contributed by atoms with Crippen LogP contribution in [0, 0.1) is 29.2 Å². The van der Waals surface area contributed by atoms with Crippen molar-refractivity contribution in [2.45, 2.75) is 0 Å². The minimum Gasteiger partial charge on any atom is -0.309 e. The van der Waals surface area contributed by atoms with Gasteiger partial charge >= 0.3 is 0 Å². The summed E-state index contributed by atoms with van der Waals surface area (Å²) in [6, 6.07) is 63.1. The first-order chi connectivity index (χ1) is 24.6. The normalized spacial score (nSPS) is 11.1. The van der Waals surface area contributed by atoms with Gasteiger partial charge in [-0.15, -0.1) is 0 Å². The topological polar surface area (TPSA) is 56.9 Å². The number of nitrogens with zero attached hydrogens (tertiary/aromatic N) is 4. The molecule has 8 aromatic rings. The van der Waals surface area contributed by atoms with Gasteiger partial charge in [0.2, 0.25) is 0 Å². The standard InChI is InChI=1S/C45H28N4Si/c1-48-36-21-25-45-43(29-36)42-27-33(31-47)18-24-44(42)49(45)37-12-9-11-35(28-37)34-19-22-40(23-20-34)50(38-13-4-2-5-14-38,39-15-6-3-7-16-39)41-17-8-10-32(26-41)30-46/h2-29H. The number of aromatic nitrogens is 1. The number of hydrogen-bond acceptors (Lipinski definition) is 2. The molecular weight excluding hydrogens is 625 g/mol. The Morgan fingerprint density at radius 2 is 1.06 bits per heavy atom. The molecule has 0 saturated carbocycles. The Morgan fingerprint density at radius 1 is 0.480 bits per heavy atom. The molecule has 7 aromatic carbocycles. The van der Waals surface area contributed by atoms with Gasteiger partial charge in [0.05, 0.1) is 40.9 Å². The molecule has 0 amide bonds. The number of rotatable bonds is 6. The maximum Gasteiger partial charge on any atom is 0.188 e. The lowest BCUT2D eigenvalue weighted by Gasteiger charge is -2.34. The second-order valence-electron chi connectivity index (χ2n) is 12.3. The van der Waals surface area contributed by atoms with Crippen LogP contribution in [0.2, 0.25) is 0 Å². The number of fused-ring (bicyclic) bond motifs is 3. The Balaban J connectivity index is 1.29. The van der Waals surface area contributed by atoms with E-state index in [-0.39, 0.29) is 0 Å². The van der Waals surface area contributed by atoms with E-state index in [4.69, 9.17) is 6.57 Å². The average molecular weight is 653 g/mol. The van der Waals surface area contributed by atoms with E-state index in [1.807, 2.05) is 48.5 Å². The third-order valence-electron chi connectivity index (χ3n) is 9.60. The van der Waals surface area contributed by atoms with Gasteiger partial charge in [-0.25, -0.2) is 4.85 Å². The molecule has 0 saturated heterocycles. The summed E-state index contributed by atoms with van der Waals surface area (Å²) in [6.45, 7) is 7.57. The molecule has 8 rings (SSSR count). The number of hydrogen-bond donors (Lipinski definition) is 0. The Kier molecular flexibility index (Phi) is 7.63. The quantitative estimate of drug-likeness (QED) is 0.104. The highest BCUT2D eigenvalue weighted by atomic mass is 28.3. The lowest BCUT2D eigenvalue weighted by atomic mass is 10.1. The SMILES string of the molecule is [C-]#[N+]c1ccc2c(c1)c1cc(C#N)ccc1n2-c1cccc(-c2ccc([Si](c3ccccc3)(c3ccccc3)c3cccc(C#N)c3)cc2)c1. The molecule has 0 spiro atoms. The molecule has 0 N–H and O–H groups in total. The fraction of sp³-hybridized carbons (Fsp3) is 0. The van der Waals surface area contributed by atoms with Gasteiger partial charge in [0.15, 0.2) is 13.8 Å². The van der Waals surface area contributed by atoms with Gasteiger partial charge in [-0.3, -0.25) is 0 Å². The van der Waals surface area contributed by atoms with Crippen molar-refractivity contribution in [1.29, 1.82) is 10.5 Å². The van der Waals surface area contributed by atoms with Crippen molar-refractivity contribution in [3.63, 3.8) is 0 Å². The van der Waals surface area contributed by atoms with E-state index < -0.39 is 8.07 Å². The zero-order chi connectivity index (χ0) is 34.1. The number of nitriles is 2. The van der Waals surface area contributed by atoms with Crippen molar-refractivity contribution in [3.05, 3.63) is 192 Å². The summed E-state index contributed by atoms with van der Waals surface area (Å²) in [5, 5.41) is 26.3. The zero-order valence-electron chi connectivity index (χ0n) is 27.0. The Bertz CT molecular complexity index is 2560. The van der Waals surface area contributed by atoms with Crippen molar-refractivity contribution in [2.24, 2.45) is 0 Å². The maximum absolute atomic E-state index is 9.90. The van der Waals surface area contributed by atoms with Gasteiger partial charge in [0.25, 0.3) is 0 Å². The van der Waals surface area contributed by atoms with Crippen LogP contribution < -0.4 is 20.7 Å². The van der Waals surface area contributed by atoms with Crippen LogP contribution in [-0.4, -0.2) is 12.6 Å². The first kappa shape index (κ1) is 30.4. The average Bonchev–Trinajstić information content (AvgIpc) is 3.52. The zero-order valence-corrected chi connectivity index (χ0v) is 28.0. The fourth-order valence-electron chi connectivity index (χ4n) is 7.36. The Labute approximate surface area is 291 Å². The van der Waals surface area contributed by atoms with Crippen molar-refractivity contribution in [2.75, 3.05) is 0 Å². The van der Waals surface area contributed by atoms with Gasteiger partial charge in [0.1, 0.15) is 0 Å². The van der Waals surface area contributed by atoms with E-state index in [9.17, 15) is 10.5 Å². The molecular formula is C45H28N4Si. The van der Waals surface area contributed by atoms with Crippen LogP contribution in [0.3, 0.4) is 0 Å². The van der Waals surface area contributed by atoms with E-state index in [2.05, 4.69) is 143 Å². The van der Waals surface area contributed by atoms with Crippen LogP contribution in [0.15, 0.2) is 170 Å². The summed E-state index contributed by atoms with van der Waals surface area (Å²) in [5.74, 6) is 0. The molecule has 0 aliphatic rings. The predicted octanol–water partition coefficient (Wildman–Crippen LogP) is 8.12. The van der Waals surface area contributed by atoms with Crippen molar-refractivity contribution >= 4 is 56.3 Å². The van der Waals surface area contributed by atoms with Crippen LogP contribution >= 0.6 is 0 Å². The van der Waals surface area contributed by atoms with E-state index in [1.54, 1.807) is 0 Å². The van der Waals surface area contributed by atoms with Crippen LogP contribution in [0.5, 0.6) is 0 Å². The summed E-state index contributed by atoms with van der Waals surface area (Å²) in [7, 11) is -2.80. The van der Waals surface area contributed by atoms with Crippen LogP contribution in [-0.2, 0) is 0 Å². The molecule has 0 bridgehead atoms. The van der Waals surface area contributed by atoms with E-state index in [0.29, 0.717) is 16.8 Å². The summed E-state index contributed by atoms with van der Waals surface area (Å²) in [5.41, 5.74) is 6.94. The molecule has 0 fully saturated rings. The van der Waals surface area contributed by atoms with E-state index in [0.717, 1.165) is 43.8 Å². The van der Waals surface area contributed by atoms with Crippen LogP contribution in [0.1, 0.15) is 11.1 Å². The second-order valence-corrected chi connectivity index (χ2v) is 16.1. The fourth-order valence-corrected chi connectivity index (χ4v) is 12.1. The first-order valence-electron chi connectivity index (χ1n) is 16.3. The summed E-state index contributed by atoms with van der Waals surface area (Å²) < 4.78 is 2.21. The largest absolute Gasteiger partial charge is 0.309 e. The van der Waals surface area contributed by atoms with Gasteiger partial charge in [-0.05, 0) is 91.9 Å². The molecule has 0 unspecified atom stereocenters. The maximum atomic E-state index is 9.90. The molecule has 0 aliphatic carbocycles. The monoisotopic (exact) mass is 652 g/mol. The molecule has 50 heavy (non-hydrogen) atoms. The molecule has 232 valence electrons. The highest BCUT2D eigenvalue weighted by Gasteiger charge is 2.41. The molecule has 0 atom stereocenters. The lowest BCUT2D eigenvalue weighted by molar-refractivity contribution is 1.18. The summed E-state index contributed by atoms with van der Waals surface area (Å²) >= 11 is 0. The number of benzene rings is 7. The van der Waals surface area contributed by atoms with Gasteiger partial charge in [-0.1, -0.05) is 115 Å². The Morgan fingerprint density at radius 3 is 1.72 bits per heavy atom. The molecule has 0 aliphatic heterocycles. The predicted molar refractivity (Wildman–Crippen MR) is 206 cm³/mol. The van der Waals surface area contributed by atoms with Crippen LogP contribution in [0.25, 0.3) is 43.5 Å². The lowest BCUT2D eigenvalue weighted by Crippen LogP contribution is -2.74. The van der Waals surface area contributed by atoms with Crippen molar-refractivity contribution in [1.82, 2.24) is 4.57 Å². The van der Waals surface area contributed by atoms with E-state index >= 15 is 0 Å². The smallest absolute Gasteiger partial charge is 0.188 e. The molecule has 0 radical (unpaired) electrons. The highest BCUT2D eigenvalue weighted by Crippen LogP contribution is 2.36. The Hall–Kier alpha value is -6.97.